The van der Waals surface area contributed by atoms with E-state index in [0.29, 0.717) is 6.54 Å². The second kappa shape index (κ2) is 5.61. The Hall–Kier alpha value is -0.650. The zero-order valence-electron chi connectivity index (χ0n) is 10.1. The van der Waals surface area contributed by atoms with Crippen molar-refractivity contribution in [2.75, 3.05) is 27.2 Å². The number of nitrogens with two attached hydrogens (primary N) is 1. The summed E-state index contributed by atoms with van der Waals surface area (Å²) in [6, 6.07) is 0. The molecule has 1 fully saturated rings. The molecule has 0 heterocycles. The molecule has 0 aromatic rings. The lowest BCUT2D eigenvalue weighted by Crippen LogP contribution is -2.48. The number of aliphatic hydroxyl groups is 1. The fourth-order valence-electron chi connectivity index (χ4n) is 2.25. The van der Waals surface area contributed by atoms with Gasteiger partial charge in [0.1, 0.15) is 6.10 Å². The number of hydrogen-bond donors (Lipinski definition) is 2. The molecule has 1 amide bonds. The van der Waals surface area contributed by atoms with Crippen LogP contribution in [-0.2, 0) is 9.53 Å². The molecule has 1 atom stereocenters. The van der Waals surface area contributed by atoms with Gasteiger partial charge in [-0.05, 0) is 12.8 Å². The first kappa shape index (κ1) is 13.4. The van der Waals surface area contributed by atoms with Crippen molar-refractivity contribution in [3.05, 3.63) is 0 Å². The maximum Gasteiger partial charge on any atom is 0.252 e. The van der Waals surface area contributed by atoms with Gasteiger partial charge in [-0.25, -0.2) is 0 Å². The van der Waals surface area contributed by atoms with Crippen molar-refractivity contribution in [2.24, 2.45) is 5.73 Å². The van der Waals surface area contributed by atoms with Gasteiger partial charge in [0.15, 0.2) is 0 Å². The number of amides is 1. The lowest BCUT2D eigenvalue weighted by molar-refractivity contribution is -0.143. The molecule has 0 bridgehead atoms. The molecule has 1 saturated carbocycles. The third kappa shape index (κ3) is 3.17. The summed E-state index contributed by atoms with van der Waals surface area (Å²) in [4.78, 5) is 13.4. The van der Waals surface area contributed by atoms with E-state index in [4.69, 9.17) is 10.5 Å². The third-order valence-corrected chi connectivity index (χ3v) is 3.22. The van der Waals surface area contributed by atoms with Crippen molar-refractivity contribution in [1.82, 2.24) is 4.90 Å². The van der Waals surface area contributed by atoms with Gasteiger partial charge in [0, 0.05) is 27.2 Å². The standard InChI is InChI=1S/C11H22N2O3/c1-13(10(14)9(7-12)16-2)8-11(15)5-3-4-6-11/h9,15H,3-8,12H2,1-2H3. The topological polar surface area (TPSA) is 75.8 Å². The number of methoxy groups -OCH3 is 1. The van der Waals surface area contributed by atoms with Gasteiger partial charge in [-0.2, -0.15) is 0 Å². The Morgan fingerprint density at radius 3 is 2.56 bits per heavy atom. The van der Waals surface area contributed by atoms with Crippen LogP contribution in [0.15, 0.2) is 0 Å². The van der Waals surface area contributed by atoms with Crippen LogP contribution in [0.5, 0.6) is 0 Å². The number of rotatable bonds is 5. The van der Waals surface area contributed by atoms with E-state index in [1.807, 2.05) is 0 Å². The minimum atomic E-state index is -0.711. The van der Waals surface area contributed by atoms with Crippen LogP contribution in [0.1, 0.15) is 25.7 Å². The summed E-state index contributed by atoms with van der Waals surface area (Å²) in [5.74, 6) is -0.162. The fraction of sp³-hybridized carbons (Fsp3) is 0.909. The maximum atomic E-state index is 11.8. The molecule has 0 aromatic heterocycles. The van der Waals surface area contributed by atoms with E-state index < -0.39 is 11.7 Å². The summed E-state index contributed by atoms with van der Waals surface area (Å²) in [6.07, 6.45) is 3.00. The predicted octanol–water partition coefficient (Wildman–Crippen LogP) is -0.276. The van der Waals surface area contributed by atoms with E-state index in [1.165, 1.54) is 12.0 Å². The number of likely N-dealkylation sites (N-methyl/N-ethyl adjacent to an activating group) is 1. The first-order valence-electron chi connectivity index (χ1n) is 5.72. The van der Waals surface area contributed by atoms with E-state index in [2.05, 4.69) is 0 Å². The van der Waals surface area contributed by atoms with E-state index in [9.17, 15) is 9.90 Å². The number of hydrogen-bond acceptors (Lipinski definition) is 4. The molecule has 16 heavy (non-hydrogen) atoms. The van der Waals surface area contributed by atoms with Gasteiger partial charge < -0.3 is 20.5 Å². The van der Waals surface area contributed by atoms with E-state index >= 15 is 0 Å². The average Bonchev–Trinajstić information content (AvgIpc) is 2.66. The Morgan fingerprint density at radius 1 is 1.56 bits per heavy atom. The molecule has 5 heteroatoms. The summed E-state index contributed by atoms with van der Waals surface area (Å²) in [6.45, 7) is 0.532. The smallest absolute Gasteiger partial charge is 0.252 e. The quantitative estimate of drug-likeness (QED) is 0.681. The normalized spacial score (nSPS) is 20.8. The summed E-state index contributed by atoms with van der Waals surface area (Å²) in [5, 5.41) is 10.2. The van der Waals surface area contributed by atoms with Crippen molar-refractivity contribution in [1.29, 1.82) is 0 Å². The highest BCUT2D eigenvalue weighted by Gasteiger charge is 2.34. The largest absolute Gasteiger partial charge is 0.388 e. The molecule has 94 valence electrons. The lowest BCUT2D eigenvalue weighted by Gasteiger charge is -2.30. The maximum absolute atomic E-state index is 11.8. The van der Waals surface area contributed by atoms with Gasteiger partial charge in [-0.3, -0.25) is 4.79 Å². The van der Waals surface area contributed by atoms with Crippen LogP contribution in [0.25, 0.3) is 0 Å². The molecule has 0 spiro atoms. The summed E-state index contributed by atoms with van der Waals surface area (Å²) < 4.78 is 4.98. The monoisotopic (exact) mass is 230 g/mol. The Morgan fingerprint density at radius 2 is 2.12 bits per heavy atom. The van der Waals surface area contributed by atoms with Crippen molar-refractivity contribution in [3.8, 4) is 0 Å². The molecule has 0 saturated heterocycles. The Kier molecular flexibility index (Phi) is 4.70. The van der Waals surface area contributed by atoms with Gasteiger partial charge in [-0.15, -0.1) is 0 Å². The van der Waals surface area contributed by atoms with Gasteiger partial charge >= 0.3 is 0 Å². The molecule has 0 radical (unpaired) electrons. The van der Waals surface area contributed by atoms with E-state index in [1.54, 1.807) is 7.05 Å². The number of ether oxygens (including phenoxy) is 1. The summed E-state index contributed by atoms with van der Waals surface area (Å²) >= 11 is 0. The van der Waals surface area contributed by atoms with Crippen molar-refractivity contribution >= 4 is 5.91 Å². The average molecular weight is 230 g/mol. The first-order chi connectivity index (χ1) is 7.52. The second-order valence-electron chi connectivity index (χ2n) is 4.59. The van der Waals surface area contributed by atoms with Crippen LogP contribution < -0.4 is 5.73 Å². The fourth-order valence-corrected chi connectivity index (χ4v) is 2.25. The van der Waals surface area contributed by atoms with Crippen LogP contribution in [0.2, 0.25) is 0 Å². The summed E-state index contributed by atoms with van der Waals surface area (Å²) in [5.41, 5.74) is 4.72. The van der Waals surface area contributed by atoms with Crippen molar-refractivity contribution in [2.45, 2.75) is 37.4 Å². The molecular weight excluding hydrogens is 208 g/mol. The molecule has 0 aromatic carbocycles. The number of carbonyl (C=O) groups is 1. The third-order valence-electron chi connectivity index (χ3n) is 3.22. The van der Waals surface area contributed by atoms with Gasteiger partial charge in [0.2, 0.25) is 0 Å². The highest BCUT2D eigenvalue weighted by atomic mass is 16.5. The van der Waals surface area contributed by atoms with Gasteiger partial charge in [0.25, 0.3) is 5.91 Å². The van der Waals surface area contributed by atoms with E-state index in [0.717, 1.165) is 25.7 Å². The Bertz CT molecular complexity index is 235. The zero-order chi connectivity index (χ0) is 12.2. The Balaban J connectivity index is 2.50. The molecule has 3 N–H and O–H groups in total. The Labute approximate surface area is 96.6 Å². The number of carbonyl (C=O) groups excluding carboxylic acids is 1. The first-order valence-corrected chi connectivity index (χ1v) is 5.72. The van der Waals surface area contributed by atoms with Crippen LogP contribution in [0.3, 0.4) is 0 Å². The zero-order valence-corrected chi connectivity index (χ0v) is 10.1. The van der Waals surface area contributed by atoms with Crippen LogP contribution in [0, 0.1) is 0 Å². The van der Waals surface area contributed by atoms with Crippen molar-refractivity contribution in [3.63, 3.8) is 0 Å². The predicted molar refractivity (Wildman–Crippen MR) is 60.9 cm³/mol. The molecule has 1 unspecified atom stereocenters. The van der Waals surface area contributed by atoms with Gasteiger partial charge in [-0.1, -0.05) is 12.8 Å². The second-order valence-corrected chi connectivity index (χ2v) is 4.59. The lowest BCUT2D eigenvalue weighted by atomic mass is 10.0. The highest BCUT2D eigenvalue weighted by Crippen LogP contribution is 2.29. The molecule has 1 aliphatic rings. The number of nitrogens with zero attached hydrogens (tertiary/aromatic N) is 1. The van der Waals surface area contributed by atoms with Crippen molar-refractivity contribution < 1.29 is 14.6 Å². The molecule has 1 rings (SSSR count). The summed E-state index contributed by atoms with van der Waals surface area (Å²) in [7, 11) is 3.15. The highest BCUT2D eigenvalue weighted by molar-refractivity contribution is 5.81. The SMILES string of the molecule is COC(CN)C(=O)N(C)CC1(O)CCCC1. The van der Waals surface area contributed by atoms with Crippen LogP contribution in [-0.4, -0.2) is 54.9 Å². The molecule has 1 aliphatic carbocycles. The van der Waals surface area contributed by atoms with Gasteiger partial charge in [0.05, 0.1) is 5.60 Å². The molecule has 0 aliphatic heterocycles. The van der Waals surface area contributed by atoms with Crippen LogP contribution >= 0.6 is 0 Å². The minimum absolute atomic E-state index is 0.162. The molecular formula is C11H22N2O3. The molecule has 5 nitrogen and oxygen atoms in total. The van der Waals surface area contributed by atoms with E-state index in [-0.39, 0.29) is 12.5 Å². The minimum Gasteiger partial charge on any atom is -0.388 e. The van der Waals surface area contributed by atoms with Crippen LogP contribution in [0.4, 0.5) is 0 Å².